The van der Waals surface area contributed by atoms with Crippen LogP contribution < -0.4 is 5.32 Å². The molecule has 4 rings (SSSR count). The summed E-state index contributed by atoms with van der Waals surface area (Å²) in [5.74, 6) is 0.189. The van der Waals surface area contributed by atoms with Crippen LogP contribution >= 0.6 is 12.2 Å². The molecule has 1 aromatic heterocycles. The van der Waals surface area contributed by atoms with E-state index < -0.39 is 10.0 Å². The summed E-state index contributed by atoms with van der Waals surface area (Å²) < 4.78 is 29.9. The average Bonchev–Trinajstić information content (AvgIpc) is 3.09. The van der Waals surface area contributed by atoms with E-state index in [4.69, 9.17) is 12.2 Å². The Morgan fingerprint density at radius 2 is 1.97 bits per heavy atom. The molecule has 0 saturated heterocycles. The van der Waals surface area contributed by atoms with Gasteiger partial charge in [0.05, 0.1) is 11.4 Å². The highest BCUT2D eigenvalue weighted by Crippen LogP contribution is 2.25. The third-order valence-corrected chi connectivity index (χ3v) is 7.42. The number of benzene rings is 2. The summed E-state index contributed by atoms with van der Waals surface area (Å²) in [7, 11) is -1.97. The fourth-order valence-corrected chi connectivity index (χ4v) is 5.04. The number of aromatic amines is 1. The van der Waals surface area contributed by atoms with Gasteiger partial charge in [-0.2, -0.15) is 9.40 Å². The minimum absolute atomic E-state index is 0.104. The maximum atomic E-state index is 13.2. The van der Waals surface area contributed by atoms with E-state index in [1.807, 2.05) is 24.3 Å². The van der Waals surface area contributed by atoms with Gasteiger partial charge in [0.1, 0.15) is 0 Å². The van der Waals surface area contributed by atoms with Gasteiger partial charge < -0.3 is 9.88 Å². The number of sulfonamides is 1. The molecule has 3 aromatic rings. The lowest BCUT2D eigenvalue weighted by atomic mass is 10.0. The molecule has 1 aliphatic rings. The molecule has 0 bridgehead atoms. The lowest BCUT2D eigenvalue weighted by Crippen LogP contribution is -2.36. The second kappa shape index (κ2) is 8.13. The van der Waals surface area contributed by atoms with E-state index >= 15 is 0 Å². The van der Waals surface area contributed by atoms with Gasteiger partial charge in [0.25, 0.3) is 5.91 Å². The molecule has 2 N–H and O–H groups in total. The largest absolute Gasteiger partial charge is 0.345 e. The monoisotopic (exact) mass is 443 g/mol. The van der Waals surface area contributed by atoms with E-state index in [9.17, 15) is 13.2 Å². The van der Waals surface area contributed by atoms with Crippen molar-refractivity contribution < 1.29 is 13.2 Å². The summed E-state index contributed by atoms with van der Waals surface area (Å²) in [6.45, 7) is 0.908. The normalized spacial score (nSPS) is 14.3. The molecular weight excluding hydrogens is 422 g/mol. The van der Waals surface area contributed by atoms with E-state index in [-0.39, 0.29) is 22.9 Å². The van der Waals surface area contributed by atoms with Gasteiger partial charge in [-0.15, -0.1) is 0 Å². The number of fused-ring (bicyclic) bond motifs is 1. The van der Waals surface area contributed by atoms with E-state index in [1.165, 1.54) is 22.0 Å². The van der Waals surface area contributed by atoms with Gasteiger partial charge in [0.15, 0.2) is 10.6 Å². The minimum Gasteiger partial charge on any atom is -0.345 e. The summed E-state index contributed by atoms with van der Waals surface area (Å²) in [4.78, 5) is 12.7. The fourth-order valence-electron chi connectivity index (χ4n) is 3.42. The first-order valence-corrected chi connectivity index (χ1v) is 11.3. The van der Waals surface area contributed by atoms with Crippen molar-refractivity contribution in [2.45, 2.75) is 24.4 Å². The average molecular weight is 444 g/mol. The van der Waals surface area contributed by atoms with Gasteiger partial charge in [-0.25, -0.2) is 8.42 Å². The van der Waals surface area contributed by atoms with Gasteiger partial charge in [0, 0.05) is 25.7 Å². The van der Waals surface area contributed by atoms with Gasteiger partial charge in [-0.3, -0.25) is 9.89 Å². The molecule has 0 fully saturated rings. The molecule has 30 heavy (non-hydrogen) atoms. The zero-order valence-corrected chi connectivity index (χ0v) is 18.0. The van der Waals surface area contributed by atoms with Crippen molar-refractivity contribution in [3.05, 3.63) is 75.8 Å². The summed E-state index contributed by atoms with van der Waals surface area (Å²) >= 11 is 5.05. The number of amides is 1. The van der Waals surface area contributed by atoms with E-state index in [1.54, 1.807) is 23.7 Å². The molecule has 0 spiro atoms. The first kappa shape index (κ1) is 20.5. The lowest BCUT2D eigenvalue weighted by Gasteiger charge is -2.28. The molecule has 0 aliphatic carbocycles. The van der Waals surface area contributed by atoms with Crippen molar-refractivity contribution in [1.29, 1.82) is 0 Å². The number of hydrogen-bond acceptors (Lipinski definition) is 5. The quantitative estimate of drug-likeness (QED) is 0.589. The smallest absolute Gasteiger partial charge is 0.251 e. The van der Waals surface area contributed by atoms with Crippen molar-refractivity contribution in [2.75, 3.05) is 6.54 Å². The number of carbonyl (C=O) groups is 1. The van der Waals surface area contributed by atoms with Crippen LogP contribution in [0.25, 0.3) is 0 Å². The topological polar surface area (TPSA) is 100 Å². The molecule has 0 radical (unpaired) electrons. The second-order valence-electron chi connectivity index (χ2n) is 7.07. The molecule has 1 aliphatic heterocycles. The van der Waals surface area contributed by atoms with E-state index in [2.05, 4.69) is 15.5 Å². The highest BCUT2D eigenvalue weighted by atomic mass is 32.2. The number of hydrogen-bond donors (Lipinski definition) is 2. The van der Waals surface area contributed by atoms with Crippen LogP contribution in [0, 0.1) is 4.77 Å². The van der Waals surface area contributed by atoms with Gasteiger partial charge in [0.2, 0.25) is 10.0 Å². The third-order valence-electron chi connectivity index (χ3n) is 5.21. The summed E-state index contributed by atoms with van der Waals surface area (Å²) in [5.41, 5.74) is 2.45. The number of nitrogens with one attached hydrogen (secondary N) is 2. The Morgan fingerprint density at radius 3 is 2.70 bits per heavy atom. The molecule has 0 atom stereocenters. The van der Waals surface area contributed by atoms with Crippen molar-refractivity contribution in [3.63, 3.8) is 0 Å². The summed E-state index contributed by atoms with van der Waals surface area (Å²) in [6, 6.07) is 13.9. The Morgan fingerprint density at radius 1 is 1.20 bits per heavy atom. The van der Waals surface area contributed by atoms with Gasteiger partial charge in [-0.05, 0) is 48.0 Å². The number of nitrogens with zero attached hydrogens (tertiary/aromatic N) is 3. The molecule has 156 valence electrons. The molecule has 1 amide bonds. The molecule has 0 unspecified atom stereocenters. The first-order chi connectivity index (χ1) is 14.4. The zero-order chi connectivity index (χ0) is 21.3. The Hall–Kier alpha value is -2.82. The van der Waals surface area contributed by atoms with Crippen LogP contribution in [0.15, 0.2) is 53.4 Å². The van der Waals surface area contributed by atoms with Crippen LogP contribution in [0.4, 0.5) is 0 Å². The van der Waals surface area contributed by atoms with Gasteiger partial charge in [-0.1, -0.05) is 30.3 Å². The Bertz CT molecular complexity index is 1260. The molecule has 8 nitrogen and oxygen atoms in total. The maximum Gasteiger partial charge on any atom is 0.251 e. The highest BCUT2D eigenvalue weighted by Gasteiger charge is 2.28. The van der Waals surface area contributed by atoms with Crippen molar-refractivity contribution in [2.24, 2.45) is 7.05 Å². The first-order valence-electron chi connectivity index (χ1n) is 9.42. The molecule has 10 heteroatoms. The highest BCUT2D eigenvalue weighted by molar-refractivity contribution is 7.89. The Balaban J connectivity index is 1.51. The molecule has 2 heterocycles. The summed E-state index contributed by atoms with van der Waals surface area (Å²) in [6.07, 6.45) is 0.668. The number of aromatic nitrogens is 3. The Kier molecular flexibility index (Phi) is 5.54. The van der Waals surface area contributed by atoms with Crippen molar-refractivity contribution >= 4 is 28.1 Å². The minimum atomic E-state index is -3.71. The van der Waals surface area contributed by atoms with Crippen LogP contribution in [-0.4, -0.2) is 39.9 Å². The number of carbonyl (C=O) groups excluding carboxylic acids is 1. The van der Waals surface area contributed by atoms with Crippen LogP contribution in [-0.2, 0) is 36.6 Å². The molecule has 0 saturated carbocycles. The van der Waals surface area contributed by atoms with E-state index in [0.717, 1.165) is 5.56 Å². The molecular formula is C20H21N5O3S2. The van der Waals surface area contributed by atoms with Crippen LogP contribution in [0.5, 0.6) is 0 Å². The lowest BCUT2D eigenvalue weighted by molar-refractivity contribution is 0.0949. The third kappa shape index (κ3) is 3.93. The van der Waals surface area contributed by atoms with Crippen LogP contribution in [0.3, 0.4) is 0 Å². The van der Waals surface area contributed by atoms with Crippen LogP contribution in [0.1, 0.15) is 27.3 Å². The Labute approximate surface area is 179 Å². The molecule has 2 aromatic carbocycles. The summed E-state index contributed by atoms with van der Waals surface area (Å²) in [5, 5.41) is 9.44. The van der Waals surface area contributed by atoms with Crippen molar-refractivity contribution in [1.82, 2.24) is 24.4 Å². The van der Waals surface area contributed by atoms with Crippen LogP contribution in [0.2, 0.25) is 0 Å². The van der Waals surface area contributed by atoms with Gasteiger partial charge >= 0.3 is 0 Å². The van der Waals surface area contributed by atoms with E-state index in [0.29, 0.717) is 30.1 Å². The fraction of sp³-hybridized carbons (Fsp3) is 0.250. The number of H-pyrrole nitrogens is 1. The zero-order valence-electron chi connectivity index (χ0n) is 16.3. The maximum absolute atomic E-state index is 13.2. The standard InChI is InChI=1S/C20H21N5O3S2/c1-24-18(22-23-20(24)29)12-21-19(26)15-7-4-8-17(11-15)30(27,28)25-10-9-14-5-2-3-6-16(14)13-25/h2-8,11H,9-10,12-13H2,1H3,(H,21,26)(H,23,29). The number of rotatable bonds is 5. The van der Waals surface area contributed by atoms with Crippen molar-refractivity contribution in [3.8, 4) is 0 Å². The SMILES string of the molecule is Cn1c(CNC(=O)c2cccc(S(=O)(=O)N3CCc4ccccc4C3)c2)n[nH]c1=S. The second-order valence-corrected chi connectivity index (χ2v) is 9.40. The predicted molar refractivity (Wildman–Crippen MR) is 114 cm³/mol. The predicted octanol–water partition coefficient (Wildman–Crippen LogP) is 2.15.